The average Bonchev–Trinajstić information content (AvgIpc) is 2.46. The summed E-state index contributed by atoms with van der Waals surface area (Å²) in [7, 11) is 0. The quantitative estimate of drug-likeness (QED) is 0.633. The van der Waals surface area contributed by atoms with Crippen LogP contribution in [-0.4, -0.2) is 6.18 Å². The van der Waals surface area contributed by atoms with E-state index in [0.717, 1.165) is 11.6 Å². The molecule has 0 aliphatic carbocycles. The topological polar surface area (TPSA) is 0 Å². The summed E-state index contributed by atoms with van der Waals surface area (Å²) in [6, 6.07) is 15.8. The Kier molecular flexibility index (Phi) is 4.72. The van der Waals surface area contributed by atoms with Crippen molar-refractivity contribution >= 4 is 17.7 Å². The zero-order chi connectivity index (χ0) is 15.3. The van der Waals surface area contributed by atoms with Crippen LogP contribution in [0, 0.1) is 11.8 Å². The van der Waals surface area contributed by atoms with Gasteiger partial charge < -0.3 is 0 Å². The highest BCUT2D eigenvalue weighted by atomic mass is 35.5. The molecule has 0 aliphatic heterocycles. The van der Waals surface area contributed by atoms with Gasteiger partial charge in [-0.3, -0.25) is 0 Å². The molecule has 2 aromatic carbocycles. The normalized spacial score (nSPS) is 11.7. The Morgan fingerprint density at radius 1 is 0.905 bits per heavy atom. The third-order valence-electron chi connectivity index (χ3n) is 2.63. The second-order valence-electron chi connectivity index (χ2n) is 4.19. The molecule has 0 radical (unpaired) electrons. The predicted molar refractivity (Wildman–Crippen MR) is 78.7 cm³/mol. The van der Waals surface area contributed by atoms with Gasteiger partial charge in [0.25, 0.3) is 0 Å². The SMILES string of the molecule is FC(F)(F)C(Cl)=Cc1ccccc1C#Cc1ccccc1. The predicted octanol–water partition coefficient (Wildman–Crippen LogP) is 5.23. The van der Waals surface area contributed by atoms with Gasteiger partial charge in [-0.15, -0.1) is 0 Å². The van der Waals surface area contributed by atoms with E-state index in [1.807, 2.05) is 30.3 Å². The lowest BCUT2D eigenvalue weighted by atomic mass is 10.1. The van der Waals surface area contributed by atoms with Gasteiger partial charge in [-0.1, -0.05) is 59.8 Å². The fourth-order valence-corrected chi connectivity index (χ4v) is 1.73. The molecule has 0 bridgehead atoms. The van der Waals surface area contributed by atoms with Gasteiger partial charge in [-0.05, 0) is 29.8 Å². The first kappa shape index (κ1) is 15.2. The monoisotopic (exact) mass is 306 g/mol. The lowest BCUT2D eigenvalue weighted by molar-refractivity contribution is -0.0836. The van der Waals surface area contributed by atoms with E-state index in [4.69, 9.17) is 11.6 Å². The van der Waals surface area contributed by atoms with Gasteiger partial charge in [0.1, 0.15) is 5.03 Å². The highest BCUT2D eigenvalue weighted by Crippen LogP contribution is 2.30. The molecule has 0 N–H and O–H groups in total. The van der Waals surface area contributed by atoms with Crippen molar-refractivity contribution in [3.8, 4) is 11.8 Å². The Morgan fingerprint density at radius 3 is 2.19 bits per heavy atom. The molecule has 2 aromatic rings. The summed E-state index contributed by atoms with van der Waals surface area (Å²) in [4.78, 5) is 0. The maximum Gasteiger partial charge on any atom is 0.426 e. The first-order valence-electron chi connectivity index (χ1n) is 6.07. The largest absolute Gasteiger partial charge is 0.426 e. The molecular weight excluding hydrogens is 297 g/mol. The van der Waals surface area contributed by atoms with E-state index in [-0.39, 0.29) is 0 Å². The molecule has 0 aliphatic rings. The summed E-state index contributed by atoms with van der Waals surface area (Å²) in [6.07, 6.45) is -3.67. The van der Waals surface area contributed by atoms with Gasteiger partial charge in [0.05, 0.1) is 0 Å². The van der Waals surface area contributed by atoms with E-state index in [1.165, 1.54) is 0 Å². The molecule has 0 saturated heterocycles. The average molecular weight is 307 g/mol. The van der Waals surface area contributed by atoms with Crippen molar-refractivity contribution in [1.82, 2.24) is 0 Å². The van der Waals surface area contributed by atoms with Crippen molar-refractivity contribution < 1.29 is 13.2 Å². The van der Waals surface area contributed by atoms with Crippen LogP contribution < -0.4 is 0 Å². The molecule has 21 heavy (non-hydrogen) atoms. The summed E-state index contributed by atoms with van der Waals surface area (Å²) in [5, 5.41) is -1.17. The minimum atomic E-state index is -4.55. The molecule has 0 atom stereocenters. The highest BCUT2D eigenvalue weighted by molar-refractivity contribution is 6.32. The summed E-state index contributed by atoms with van der Waals surface area (Å²) in [6.45, 7) is 0. The van der Waals surface area contributed by atoms with E-state index >= 15 is 0 Å². The fraction of sp³-hybridized carbons (Fsp3) is 0.0588. The molecule has 2 rings (SSSR count). The first-order valence-corrected chi connectivity index (χ1v) is 6.45. The zero-order valence-corrected chi connectivity index (χ0v) is 11.5. The summed E-state index contributed by atoms with van der Waals surface area (Å²) >= 11 is 5.27. The van der Waals surface area contributed by atoms with Crippen molar-refractivity contribution in [2.24, 2.45) is 0 Å². The van der Waals surface area contributed by atoms with Crippen LogP contribution in [0.2, 0.25) is 0 Å². The van der Waals surface area contributed by atoms with Crippen LogP contribution in [0.3, 0.4) is 0 Å². The van der Waals surface area contributed by atoms with E-state index in [1.54, 1.807) is 24.3 Å². The lowest BCUT2D eigenvalue weighted by Gasteiger charge is -2.05. The number of hydrogen-bond acceptors (Lipinski definition) is 0. The fourth-order valence-electron chi connectivity index (χ4n) is 1.62. The summed E-state index contributed by atoms with van der Waals surface area (Å²) in [5.74, 6) is 5.78. The first-order chi connectivity index (χ1) is 9.97. The van der Waals surface area contributed by atoms with E-state index in [0.29, 0.717) is 11.1 Å². The van der Waals surface area contributed by atoms with Gasteiger partial charge in [0.15, 0.2) is 0 Å². The Bertz CT molecular complexity index is 704. The van der Waals surface area contributed by atoms with E-state index in [2.05, 4.69) is 11.8 Å². The maximum absolute atomic E-state index is 12.5. The maximum atomic E-state index is 12.5. The van der Waals surface area contributed by atoms with Crippen molar-refractivity contribution in [2.45, 2.75) is 6.18 Å². The van der Waals surface area contributed by atoms with Crippen LogP contribution in [0.25, 0.3) is 6.08 Å². The molecule has 0 amide bonds. The smallest absolute Gasteiger partial charge is 0.165 e. The third kappa shape index (κ3) is 4.40. The Labute approximate surface area is 125 Å². The summed E-state index contributed by atoms with van der Waals surface area (Å²) in [5.41, 5.74) is 1.62. The van der Waals surface area contributed by atoms with Crippen molar-refractivity contribution in [2.75, 3.05) is 0 Å². The van der Waals surface area contributed by atoms with Gasteiger partial charge >= 0.3 is 6.18 Å². The molecular formula is C17H10ClF3. The minimum absolute atomic E-state index is 0.336. The molecule has 0 aromatic heterocycles. The van der Waals surface area contributed by atoms with Crippen molar-refractivity contribution in [3.63, 3.8) is 0 Å². The van der Waals surface area contributed by atoms with Gasteiger partial charge in [-0.25, -0.2) is 0 Å². The number of alkyl halides is 3. The van der Waals surface area contributed by atoms with Gasteiger partial charge in [0, 0.05) is 11.1 Å². The van der Waals surface area contributed by atoms with E-state index < -0.39 is 11.2 Å². The highest BCUT2D eigenvalue weighted by Gasteiger charge is 2.32. The number of allylic oxidation sites excluding steroid dienone is 1. The van der Waals surface area contributed by atoms with Crippen LogP contribution in [0.4, 0.5) is 13.2 Å². The van der Waals surface area contributed by atoms with Crippen molar-refractivity contribution in [1.29, 1.82) is 0 Å². The zero-order valence-electron chi connectivity index (χ0n) is 10.8. The van der Waals surface area contributed by atoms with Crippen LogP contribution in [-0.2, 0) is 0 Å². The second kappa shape index (κ2) is 6.51. The Hall–Kier alpha value is -2.18. The number of halogens is 4. The molecule has 0 spiro atoms. The van der Waals surface area contributed by atoms with Crippen LogP contribution in [0.15, 0.2) is 59.6 Å². The number of benzene rings is 2. The molecule has 0 heterocycles. The standard InChI is InChI=1S/C17H10ClF3/c18-16(17(19,20)21)12-15-9-5-4-8-14(15)11-10-13-6-2-1-3-7-13/h1-9,12H. The second-order valence-corrected chi connectivity index (χ2v) is 4.60. The molecule has 0 nitrogen and oxygen atoms in total. The molecule has 106 valence electrons. The van der Waals surface area contributed by atoms with E-state index in [9.17, 15) is 13.2 Å². The van der Waals surface area contributed by atoms with Crippen molar-refractivity contribution in [3.05, 3.63) is 76.3 Å². The van der Waals surface area contributed by atoms with Crippen LogP contribution in [0.5, 0.6) is 0 Å². The van der Waals surface area contributed by atoms with Crippen LogP contribution >= 0.6 is 11.6 Å². The summed E-state index contributed by atoms with van der Waals surface area (Å²) < 4.78 is 37.4. The number of hydrogen-bond donors (Lipinski definition) is 0. The van der Waals surface area contributed by atoms with Gasteiger partial charge in [0.2, 0.25) is 0 Å². The molecule has 0 unspecified atom stereocenters. The third-order valence-corrected chi connectivity index (χ3v) is 2.95. The number of rotatable bonds is 1. The minimum Gasteiger partial charge on any atom is -0.165 e. The van der Waals surface area contributed by atoms with Crippen LogP contribution in [0.1, 0.15) is 16.7 Å². The molecule has 4 heteroatoms. The lowest BCUT2D eigenvalue weighted by Crippen LogP contribution is -2.06. The Morgan fingerprint density at radius 2 is 1.52 bits per heavy atom. The van der Waals surface area contributed by atoms with Gasteiger partial charge in [-0.2, -0.15) is 13.2 Å². The molecule has 0 saturated carbocycles. The Balaban J connectivity index is 2.37. The molecule has 0 fully saturated rings.